The summed E-state index contributed by atoms with van der Waals surface area (Å²) in [6.45, 7) is 3.54. The lowest BCUT2D eigenvalue weighted by Crippen LogP contribution is -2.51. The summed E-state index contributed by atoms with van der Waals surface area (Å²) in [7, 11) is 1.56. The molecular weight excluding hydrogens is 296 g/mol. The Labute approximate surface area is 135 Å². The van der Waals surface area contributed by atoms with Gasteiger partial charge in [-0.1, -0.05) is 13.0 Å². The van der Waals surface area contributed by atoms with E-state index in [1.165, 1.54) is 4.90 Å². The van der Waals surface area contributed by atoms with Crippen molar-refractivity contribution in [2.24, 2.45) is 5.92 Å². The summed E-state index contributed by atoms with van der Waals surface area (Å²) in [5, 5.41) is 9.61. The van der Waals surface area contributed by atoms with E-state index in [1.54, 1.807) is 25.3 Å². The van der Waals surface area contributed by atoms with Gasteiger partial charge < -0.3 is 14.7 Å². The summed E-state index contributed by atoms with van der Waals surface area (Å²) in [6, 6.07) is 4.60. The normalized spacial score (nSPS) is 23.6. The van der Waals surface area contributed by atoms with E-state index in [2.05, 4.69) is 6.92 Å². The van der Waals surface area contributed by atoms with Crippen molar-refractivity contribution in [3.63, 3.8) is 0 Å². The van der Waals surface area contributed by atoms with E-state index in [0.717, 1.165) is 18.4 Å². The number of likely N-dealkylation sites (tertiary alicyclic amines) is 1. The molecule has 1 aromatic carbocycles. The number of methoxy groups -OCH3 is 1. The number of amides is 2. The van der Waals surface area contributed by atoms with Gasteiger partial charge in [0, 0.05) is 25.1 Å². The minimum absolute atomic E-state index is 0.0998. The lowest BCUT2D eigenvalue weighted by molar-refractivity contribution is -0.134. The highest BCUT2D eigenvalue weighted by Gasteiger charge is 2.42. The molecule has 1 unspecified atom stereocenters. The fourth-order valence-electron chi connectivity index (χ4n) is 3.66. The van der Waals surface area contributed by atoms with Crippen molar-refractivity contribution in [3.05, 3.63) is 23.8 Å². The Morgan fingerprint density at radius 3 is 2.78 bits per heavy atom. The summed E-state index contributed by atoms with van der Waals surface area (Å²) in [6.07, 6.45) is 1.36. The van der Waals surface area contributed by atoms with Crippen molar-refractivity contribution < 1.29 is 19.4 Å². The van der Waals surface area contributed by atoms with E-state index >= 15 is 0 Å². The first-order chi connectivity index (χ1) is 11.0. The number of ether oxygens (including phenoxy) is 1. The minimum atomic E-state index is -1.10. The SMILES string of the molecule is COc1cccc2c1CC(C(=O)N1CCC[C@H](C)C1)N2C(=O)O. The Bertz CT molecular complexity index is 631. The van der Waals surface area contributed by atoms with Crippen molar-refractivity contribution in [3.8, 4) is 5.75 Å². The molecule has 6 heteroatoms. The molecule has 1 saturated heterocycles. The Kier molecular flexibility index (Phi) is 4.15. The number of fused-ring (bicyclic) bond motifs is 1. The highest BCUT2D eigenvalue weighted by Crippen LogP contribution is 2.39. The number of nitrogens with zero attached hydrogens (tertiary/aromatic N) is 2. The predicted molar refractivity (Wildman–Crippen MR) is 86.0 cm³/mol. The number of piperidine rings is 1. The fraction of sp³-hybridized carbons (Fsp3) is 0.529. The molecule has 0 radical (unpaired) electrons. The summed E-state index contributed by atoms with van der Waals surface area (Å²) in [4.78, 5) is 27.7. The van der Waals surface area contributed by atoms with Crippen LogP contribution in [-0.2, 0) is 11.2 Å². The van der Waals surface area contributed by atoms with Gasteiger partial charge in [-0.25, -0.2) is 4.79 Å². The maximum absolute atomic E-state index is 12.9. The van der Waals surface area contributed by atoms with E-state index in [0.29, 0.717) is 36.9 Å². The van der Waals surface area contributed by atoms with Crippen LogP contribution in [0.1, 0.15) is 25.3 Å². The molecule has 0 saturated carbocycles. The van der Waals surface area contributed by atoms with Crippen molar-refractivity contribution in [2.45, 2.75) is 32.2 Å². The number of anilines is 1. The molecule has 2 aliphatic rings. The van der Waals surface area contributed by atoms with Crippen LogP contribution in [-0.4, -0.2) is 48.2 Å². The Balaban J connectivity index is 1.91. The van der Waals surface area contributed by atoms with Crippen LogP contribution in [0.4, 0.5) is 10.5 Å². The molecule has 23 heavy (non-hydrogen) atoms. The molecule has 6 nitrogen and oxygen atoms in total. The third-order valence-corrected chi connectivity index (χ3v) is 4.76. The van der Waals surface area contributed by atoms with Gasteiger partial charge in [-0.2, -0.15) is 0 Å². The Morgan fingerprint density at radius 2 is 2.13 bits per heavy atom. The molecule has 2 atom stereocenters. The Hall–Kier alpha value is -2.24. The number of hydrogen-bond acceptors (Lipinski definition) is 3. The molecule has 2 amide bonds. The molecule has 2 aliphatic heterocycles. The number of carbonyl (C=O) groups excluding carboxylic acids is 1. The first kappa shape index (κ1) is 15.6. The first-order valence-electron chi connectivity index (χ1n) is 7.99. The summed E-state index contributed by atoms with van der Waals surface area (Å²) >= 11 is 0. The van der Waals surface area contributed by atoms with Crippen LogP contribution in [0, 0.1) is 5.92 Å². The second-order valence-electron chi connectivity index (χ2n) is 6.36. The van der Waals surface area contributed by atoms with Gasteiger partial charge in [0.1, 0.15) is 11.8 Å². The Morgan fingerprint density at radius 1 is 1.35 bits per heavy atom. The van der Waals surface area contributed by atoms with Crippen molar-refractivity contribution >= 4 is 17.7 Å². The molecule has 124 valence electrons. The molecule has 3 rings (SSSR count). The minimum Gasteiger partial charge on any atom is -0.496 e. The van der Waals surface area contributed by atoms with Crippen LogP contribution >= 0.6 is 0 Å². The van der Waals surface area contributed by atoms with Crippen molar-refractivity contribution in [1.29, 1.82) is 0 Å². The smallest absolute Gasteiger partial charge is 0.412 e. The highest BCUT2D eigenvalue weighted by atomic mass is 16.5. The van der Waals surface area contributed by atoms with E-state index in [1.807, 2.05) is 4.90 Å². The van der Waals surface area contributed by atoms with Crippen LogP contribution in [0.3, 0.4) is 0 Å². The van der Waals surface area contributed by atoms with Crippen LogP contribution in [0.5, 0.6) is 5.75 Å². The maximum Gasteiger partial charge on any atom is 0.412 e. The van der Waals surface area contributed by atoms with Crippen molar-refractivity contribution in [1.82, 2.24) is 4.90 Å². The molecule has 0 spiro atoms. The molecule has 1 aromatic rings. The van der Waals surface area contributed by atoms with Gasteiger partial charge in [0.2, 0.25) is 5.91 Å². The number of carbonyl (C=O) groups is 2. The number of rotatable bonds is 2. The lowest BCUT2D eigenvalue weighted by Gasteiger charge is -2.34. The van der Waals surface area contributed by atoms with Gasteiger partial charge in [0.05, 0.1) is 12.8 Å². The van der Waals surface area contributed by atoms with Gasteiger partial charge >= 0.3 is 6.09 Å². The van der Waals surface area contributed by atoms with Crippen LogP contribution in [0.15, 0.2) is 18.2 Å². The van der Waals surface area contributed by atoms with Crippen LogP contribution in [0.25, 0.3) is 0 Å². The molecule has 0 aliphatic carbocycles. The molecular formula is C17H22N2O4. The molecule has 1 fully saturated rings. The standard InChI is InChI=1S/C17H22N2O4/c1-11-5-4-8-18(10-11)16(20)14-9-12-13(19(14)17(21)22)6-3-7-15(12)23-2/h3,6-7,11,14H,4-5,8-10H2,1-2H3,(H,21,22)/t11-,14?/m0/s1. The van der Waals surface area contributed by atoms with Gasteiger partial charge in [-0.15, -0.1) is 0 Å². The molecule has 1 N–H and O–H groups in total. The summed E-state index contributed by atoms with van der Waals surface area (Å²) in [5.41, 5.74) is 1.35. The molecule has 2 heterocycles. The quantitative estimate of drug-likeness (QED) is 0.909. The van der Waals surface area contributed by atoms with Gasteiger partial charge in [0.25, 0.3) is 0 Å². The number of hydrogen-bond donors (Lipinski definition) is 1. The second kappa shape index (κ2) is 6.10. The average Bonchev–Trinajstić information content (AvgIpc) is 2.93. The first-order valence-corrected chi connectivity index (χ1v) is 7.99. The summed E-state index contributed by atoms with van der Waals surface area (Å²) in [5.74, 6) is 0.998. The fourth-order valence-corrected chi connectivity index (χ4v) is 3.66. The van der Waals surface area contributed by atoms with E-state index in [9.17, 15) is 14.7 Å². The predicted octanol–water partition coefficient (Wildman–Crippen LogP) is 2.36. The number of carboxylic acid groups (broad SMARTS) is 1. The van der Waals surface area contributed by atoms with E-state index < -0.39 is 12.1 Å². The van der Waals surface area contributed by atoms with E-state index in [4.69, 9.17) is 4.74 Å². The zero-order chi connectivity index (χ0) is 16.6. The highest BCUT2D eigenvalue weighted by molar-refractivity contribution is 6.00. The van der Waals surface area contributed by atoms with Gasteiger partial charge in [-0.05, 0) is 30.9 Å². The topological polar surface area (TPSA) is 70.1 Å². The van der Waals surface area contributed by atoms with Crippen LogP contribution < -0.4 is 9.64 Å². The second-order valence-corrected chi connectivity index (χ2v) is 6.36. The lowest BCUT2D eigenvalue weighted by atomic mass is 9.99. The van der Waals surface area contributed by atoms with Crippen LogP contribution in [0.2, 0.25) is 0 Å². The van der Waals surface area contributed by atoms with Gasteiger partial charge in [-0.3, -0.25) is 9.69 Å². The summed E-state index contributed by atoms with van der Waals surface area (Å²) < 4.78 is 5.33. The molecule has 0 bridgehead atoms. The third kappa shape index (κ3) is 2.73. The maximum atomic E-state index is 12.9. The largest absolute Gasteiger partial charge is 0.496 e. The average molecular weight is 318 g/mol. The number of benzene rings is 1. The zero-order valence-electron chi connectivity index (χ0n) is 13.5. The van der Waals surface area contributed by atoms with E-state index in [-0.39, 0.29) is 5.91 Å². The van der Waals surface area contributed by atoms with Crippen molar-refractivity contribution in [2.75, 3.05) is 25.1 Å². The molecule has 0 aromatic heterocycles. The third-order valence-electron chi connectivity index (χ3n) is 4.76. The monoisotopic (exact) mass is 318 g/mol. The van der Waals surface area contributed by atoms with Gasteiger partial charge in [0.15, 0.2) is 0 Å². The zero-order valence-corrected chi connectivity index (χ0v) is 13.5.